The zero-order valence-corrected chi connectivity index (χ0v) is 12.8. The molecule has 0 spiro atoms. The molecular weight excluding hydrogens is 308 g/mol. The predicted octanol–water partition coefficient (Wildman–Crippen LogP) is 3.92. The van der Waals surface area contributed by atoms with Gasteiger partial charge in [0.05, 0.1) is 15.8 Å². The van der Waals surface area contributed by atoms with Crippen LogP contribution in [0.4, 0.5) is 0 Å². The minimum absolute atomic E-state index is 0.170. The molecule has 0 aliphatic rings. The standard InChI is InChI=1S/C18H12N2O2S/c19-17(22)11-6-5-10-9-15(21)13(8-12(10)7-11)18-20-14-3-1-2-4-16(14)23-18/h1-9,21H,(H2,19,22). The van der Waals surface area contributed by atoms with Crippen molar-refractivity contribution < 1.29 is 9.90 Å². The number of thiazole rings is 1. The molecule has 4 nitrogen and oxygen atoms in total. The largest absolute Gasteiger partial charge is 0.507 e. The Balaban J connectivity index is 1.94. The van der Waals surface area contributed by atoms with Gasteiger partial charge in [-0.2, -0.15) is 0 Å². The summed E-state index contributed by atoms with van der Waals surface area (Å²) in [7, 11) is 0. The lowest BCUT2D eigenvalue weighted by Crippen LogP contribution is -2.10. The number of benzene rings is 3. The maximum atomic E-state index is 11.3. The van der Waals surface area contributed by atoms with Crippen molar-refractivity contribution in [1.29, 1.82) is 0 Å². The van der Waals surface area contributed by atoms with Crippen LogP contribution < -0.4 is 5.73 Å². The van der Waals surface area contributed by atoms with Crippen LogP contribution in [0.1, 0.15) is 10.4 Å². The topological polar surface area (TPSA) is 76.2 Å². The molecule has 112 valence electrons. The Labute approximate surface area is 135 Å². The lowest BCUT2D eigenvalue weighted by Gasteiger charge is -2.06. The fourth-order valence-corrected chi connectivity index (χ4v) is 3.59. The van der Waals surface area contributed by atoms with Gasteiger partial charge in [-0.15, -0.1) is 11.3 Å². The summed E-state index contributed by atoms with van der Waals surface area (Å²) < 4.78 is 1.06. The smallest absolute Gasteiger partial charge is 0.248 e. The fourth-order valence-electron chi connectivity index (χ4n) is 2.60. The van der Waals surface area contributed by atoms with E-state index in [1.165, 1.54) is 11.3 Å². The Hall–Kier alpha value is -2.92. The van der Waals surface area contributed by atoms with E-state index < -0.39 is 5.91 Å². The molecule has 1 heterocycles. The first-order valence-corrected chi connectivity index (χ1v) is 7.86. The molecule has 0 aliphatic carbocycles. The van der Waals surface area contributed by atoms with E-state index in [-0.39, 0.29) is 5.75 Å². The second kappa shape index (κ2) is 5.07. The van der Waals surface area contributed by atoms with Crippen molar-refractivity contribution in [3.63, 3.8) is 0 Å². The molecule has 0 unspecified atom stereocenters. The van der Waals surface area contributed by atoms with Gasteiger partial charge in [0.2, 0.25) is 5.91 Å². The van der Waals surface area contributed by atoms with Crippen LogP contribution in [-0.4, -0.2) is 16.0 Å². The number of rotatable bonds is 2. The van der Waals surface area contributed by atoms with Crippen LogP contribution in [0.2, 0.25) is 0 Å². The molecule has 5 heteroatoms. The van der Waals surface area contributed by atoms with Crippen LogP contribution in [0.25, 0.3) is 31.6 Å². The van der Waals surface area contributed by atoms with Crippen LogP contribution in [0, 0.1) is 0 Å². The average molecular weight is 320 g/mol. The average Bonchev–Trinajstić information content (AvgIpc) is 2.97. The maximum absolute atomic E-state index is 11.3. The van der Waals surface area contributed by atoms with Crippen LogP contribution in [0.15, 0.2) is 54.6 Å². The number of aromatic hydroxyl groups is 1. The second-order valence-electron chi connectivity index (χ2n) is 5.28. The summed E-state index contributed by atoms with van der Waals surface area (Å²) in [5.74, 6) is -0.301. The van der Waals surface area contributed by atoms with Crippen molar-refractivity contribution in [2.45, 2.75) is 0 Å². The van der Waals surface area contributed by atoms with Gasteiger partial charge in [-0.25, -0.2) is 4.98 Å². The van der Waals surface area contributed by atoms with E-state index in [2.05, 4.69) is 4.98 Å². The first kappa shape index (κ1) is 13.7. The van der Waals surface area contributed by atoms with E-state index in [9.17, 15) is 9.90 Å². The molecule has 4 aromatic rings. The second-order valence-corrected chi connectivity index (χ2v) is 6.31. The van der Waals surface area contributed by atoms with Gasteiger partial charge in [0, 0.05) is 5.56 Å². The Kier molecular flexibility index (Phi) is 3.02. The monoisotopic (exact) mass is 320 g/mol. The lowest BCUT2D eigenvalue weighted by molar-refractivity contribution is 0.100. The van der Waals surface area contributed by atoms with Gasteiger partial charge in [-0.1, -0.05) is 18.2 Å². The molecular formula is C18H12N2O2S. The Morgan fingerprint density at radius 1 is 1.04 bits per heavy atom. The number of phenolic OH excluding ortho intramolecular Hbond substituents is 1. The fraction of sp³-hybridized carbons (Fsp3) is 0. The van der Waals surface area contributed by atoms with Crippen LogP contribution in [-0.2, 0) is 0 Å². The number of carbonyl (C=O) groups is 1. The summed E-state index contributed by atoms with van der Waals surface area (Å²) in [6, 6.07) is 16.5. The summed E-state index contributed by atoms with van der Waals surface area (Å²) >= 11 is 1.52. The minimum atomic E-state index is -0.471. The highest BCUT2D eigenvalue weighted by molar-refractivity contribution is 7.21. The van der Waals surface area contributed by atoms with Crippen molar-refractivity contribution in [1.82, 2.24) is 4.98 Å². The summed E-state index contributed by atoms with van der Waals surface area (Å²) in [6.45, 7) is 0. The number of hydrogen-bond acceptors (Lipinski definition) is 4. The van der Waals surface area contributed by atoms with E-state index in [1.54, 1.807) is 24.3 Å². The quantitative estimate of drug-likeness (QED) is 0.587. The van der Waals surface area contributed by atoms with Crippen molar-refractivity contribution >= 4 is 38.2 Å². The van der Waals surface area contributed by atoms with Gasteiger partial charge in [-0.05, 0) is 47.2 Å². The third-order valence-electron chi connectivity index (χ3n) is 3.76. The van der Waals surface area contributed by atoms with Gasteiger partial charge in [0.25, 0.3) is 0 Å². The summed E-state index contributed by atoms with van der Waals surface area (Å²) in [5.41, 5.74) is 7.33. The molecule has 0 fully saturated rings. The van der Waals surface area contributed by atoms with E-state index in [1.807, 2.05) is 30.3 Å². The number of nitrogens with two attached hydrogens (primary N) is 1. The zero-order valence-electron chi connectivity index (χ0n) is 12.0. The molecule has 1 aromatic heterocycles. The number of carbonyl (C=O) groups excluding carboxylic acids is 1. The number of primary amides is 1. The Bertz CT molecular complexity index is 1040. The molecule has 0 atom stereocenters. The number of aromatic nitrogens is 1. The summed E-state index contributed by atoms with van der Waals surface area (Å²) in [5, 5.41) is 12.8. The van der Waals surface area contributed by atoms with Crippen molar-refractivity contribution in [2.24, 2.45) is 5.73 Å². The zero-order chi connectivity index (χ0) is 16.0. The third kappa shape index (κ3) is 2.31. The predicted molar refractivity (Wildman–Crippen MR) is 92.7 cm³/mol. The molecule has 1 amide bonds. The Morgan fingerprint density at radius 2 is 1.87 bits per heavy atom. The number of nitrogens with zero attached hydrogens (tertiary/aromatic N) is 1. The van der Waals surface area contributed by atoms with Crippen molar-refractivity contribution in [3.8, 4) is 16.3 Å². The normalized spacial score (nSPS) is 11.1. The van der Waals surface area contributed by atoms with Gasteiger partial charge < -0.3 is 10.8 Å². The molecule has 0 bridgehead atoms. The molecule has 3 N–H and O–H groups in total. The highest BCUT2D eigenvalue weighted by atomic mass is 32.1. The van der Waals surface area contributed by atoms with Crippen LogP contribution in [0.3, 0.4) is 0 Å². The van der Waals surface area contributed by atoms with Crippen LogP contribution in [0.5, 0.6) is 5.75 Å². The van der Waals surface area contributed by atoms with Crippen molar-refractivity contribution in [2.75, 3.05) is 0 Å². The van der Waals surface area contributed by atoms with Gasteiger partial charge >= 0.3 is 0 Å². The van der Waals surface area contributed by atoms with Crippen molar-refractivity contribution in [3.05, 3.63) is 60.2 Å². The van der Waals surface area contributed by atoms with Gasteiger partial charge in [0.15, 0.2) is 0 Å². The minimum Gasteiger partial charge on any atom is -0.507 e. The number of amides is 1. The number of para-hydroxylation sites is 1. The maximum Gasteiger partial charge on any atom is 0.248 e. The van der Waals surface area contributed by atoms with Gasteiger partial charge in [-0.3, -0.25) is 4.79 Å². The molecule has 4 rings (SSSR count). The van der Waals surface area contributed by atoms with Crippen LogP contribution >= 0.6 is 11.3 Å². The van der Waals surface area contributed by atoms with E-state index in [0.29, 0.717) is 11.1 Å². The first-order chi connectivity index (χ1) is 11.1. The molecule has 23 heavy (non-hydrogen) atoms. The SMILES string of the molecule is NC(=O)c1ccc2cc(O)c(-c3nc4ccccc4s3)cc2c1. The molecule has 0 saturated heterocycles. The third-order valence-corrected chi connectivity index (χ3v) is 4.83. The van der Waals surface area contributed by atoms with E-state index in [4.69, 9.17) is 5.73 Å². The molecule has 0 saturated carbocycles. The molecule has 3 aromatic carbocycles. The number of hydrogen-bond donors (Lipinski definition) is 2. The molecule has 0 radical (unpaired) electrons. The number of fused-ring (bicyclic) bond motifs is 2. The number of phenols is 1. The summed E-state index contributed by atoms with van der Waals surface area (Å²) in [4.78, 5) is 15.9. The summed E-state index contributed by atoms with van der Waals surface area (Å²) in [6.07, 6.45) is 0. The van der Waals surface area contributed by atoms with Gasteiger partial charge in [0.1, 0.15) is 10.8 Å². The Morgan fingerprint density at radius 3 is 2.65 bits per heavy atom. The van der Waals surface area contributed by atoms with E-state index >= 15 is 0 Å². The highest BCUT2D eigenvalue weighted by Crippen LogP contribution is 2.37. The molecule has 0 aliphatic heterocycles. The highest BCUT2D eigenvalue weighted by Gasteiger charge is 2.12. The van der Waals surface area contributed by atoms with E-state index in [0.717, 1.165) is 26.0 Å². The lowest BCUT2D eigenvalue weighted by atomic mass is 10.0. The first-order valence-electron chi connectivity index (χ1n) is 7.04.